The van der Waals surface area contributed by atoms with Gasteiger partial charge in [0.1, 0.15) is 11.4 Å². The van der Waals surface area contributed by atoms with Crippen molar-refractivity contribution in [3.8, 4) is 22.8 Å². The van der Waals surface area contributed by atoms with Crippen molar-refractivity contribution in [3.05, 3.63) is 64.3 Å². The molecule has 162 valence electrons. The van der Waals surface area contributed by atoms with Crippen LogP contribution in [0.4, 0.5) is 5.82 Å². The van der Waals surface area contributed by atoms with Gasteiger partial charge >= 0.3 is 0 Å². The Balaban J connectivity index is 1.68. The summed E-state index contributed by atoms with van der Waals surface area (Å²) in [5.41, 5.74) is 10.1. The van der Waals surface area contributed by atoms with E-state index in [0.29, 0.717) is 23.6 Å². The van der Waals surface area contributed by atoms with Crippen molar-refractivity contribution in [1.29, 1.82) is 0 Å². The number of ether oxygens (including phenoxy) is 1. The average molecular weight is 497 g/mol. The minimum absolute atomic E-state index is 0.00159. The summed E-state index contributed by atoms with van der Waals surface area (Å²) < 4.78 is 12.3. The number of nitrogens with two attached hydrogens (primary N) is 1. The highest BCUT2D eigenvalue weighted by Crippen LogP contribution is 2.28. The Bertz CT molecular complexity index is 1270. The quantitative estimate of drug-likeness (QED) is 0.293. The number of nitrogens with one attached hydrogen (secondary N) is 1. The van der Waals surface area contributed by atoms with Gasteiger partial charge in [-0.3, -0.25) is 4.79 Å². The molecule has 0 spiro atoms. The second-order valence-electron chi connectivity index (χ2n) is 6.38. The number of amides is 1. The van der Waals surface area contributed by atoms with Gasteiger partial charge in [0.25, 0.3) is 5.91 Å². The Labute approximate surface area is 190 Å². The lowest BCUT2D eigenvalue weighted by Gasteiger charge is -2.07. The van der Waals surface area contributed by atoms with E-state index in [0.717, 1.165) is 10.0 Å². The van der Waals surface area contributed by atoms with Gasteiger partial charge in [-0.15, -0.1) is 5.10 Å². The van der Waals surface area contributed by atoms with E-state index in [9.17, 15) is 4.79 Å². The van der Waals surface area contributed by atoms with Gasteiger partial charge in [0.15, 0.2) is 5.69 Å². The fourth-order valence-electron chi connectivity index (χ4n) is 2.86. The first-order chi connectivity index (χ1) is 15.6. The van der Waals surface area contributed by atoms with Crippen LogP contribution in [-0.4, -0.2) is 44.0 Å². The monoisotopic (exact) mass is 496 g/mol. The number of nitrogen functional groups attached to an aromatic ring is 1. The van der Waals surface area contributed by atoms with Crippen molar-refractivity contribution < 1.29 is 14.2 Å². The molecule has 12 heteroatoms. The first-order valence-electron chi connectivity index (χ1n) is 9.43. The highest BCUT2D eigenvalue weighted by molar-refractivity contribution is 9.10. The number of benzene rings is 2. The number of halogens is 1. The van der Waals surface area contributed by atoms with Crippen LogP contribution in [0.3, 0.4) is 0 Å². The topological polar surface area (TPSA) is 146 Å². The third-order valence-electron chi connectivity index (χ3n) is 4.25. The van der Waals surface area contributed by atoms with Crippen molar-refractivity contribution in [3.63, 3.8) is 0 Å². The minimum atomic E-state index is -0.568. The van der Waals surface area contributed by atoms with Crippen LogP contribution in [0, 0.1) is 0 Å². The van der Waals surface area contributed by atoms with Gasteiger partial charge in [0.05, 0.1) is 12.8 Å². The van der Waals surface area contributed by atoms with Gasteiger partial charge in [-0.2, -0.15) is 9.78 Å². The Morgan fingerprint density at radius 3 is 2.78 bits per heavy atom. The average Bonchev–Trinajstić information content (AvgIpc) is 3.40. The van der Waals surface area contributed by atoms with Gasteiger partial charge in [0.2, 0.25) is 11.6 Å². The number of aromatic nitrogens is 5. The van der Waals surface area contributed by atoms with Crippen LogP contribution in [0.2, 0.25) is 0 Å². The number of hydrogen-bond donors (Lipinski definition) is 2. The summed E-state index contributed by atoms with van der Waals surface area (Å²) in [6.07, 6.45) is 1.52. The number of carbonyl (C=O) groups excluding carboxylic acids is 1. The lowest BCUT2D eigenvalue weighted by Crippen LogP contribution is -2.19. The van der Waals surface area contributed by atoms with Crippen LogP contribution in [0.1, 0.15) is 23.0 Å². The van der Waals surface area contributed by atoms with E-state index in [-0.39, 0.29) is 17.3 Å². The molecule has 2 aromatic heterocycles. The van der Waals surface area contributed by atoms with Crippen molar-refractivity contribution >= 4 is 33.9 Å². The molecule has 0 aliphatic rings. The lowest BCUT2D eigenvalue weighted by atomic mass is 10.1. The zero-order chi connectivity index (χ0) is 22.5. The smallest absolute Gasteiger partial charge is 0.294 e. The van der Waals surface area contributed by atoms with E-state index >= 15 is 0 Å². The van der Waals surface area contributed by atoms with E-state index < -0.39 is 5.91 Å². The molecule has 0 bridgehead atoms. The van der Waals surface area contributed by atoms with Crippen LogP contribution in [-0.2, 0) is 0 Å². The summed E-state index contributed by atoms with van der Waals surface area (Å²) in [6, 6.07) is 14.5. The first-order valence-corrected chi connectivity index (χ1v) is 10.2. The highest BCUT2D eigenvalue weighted by Gasteiger charge is 2.25. The molecule has 32 heavy (non-hydrogen) atoms. The molecule has 0 aliphatic carbocycles. The lowest BCUT2D eigenvalue weighted by molar-refractivity contribution is 0.0950. The van der Waals surface area contributed by atoms with Gasteiger partial charge in [-0.05, 0) is 59.2 Å². The molecule has 0 saturated carbocycles. The number of rotatable bonds is 7. The Kier molecular flexibility index (Phi) is 6.22. The number of nitrogens with zero attached hydrogens (tertiary/aromatic N) is 6. The molecule has 2 heterocycles. The summed E-state index contributed by atoms with van der Waals surface area (Å²) in [5, 5.41) is 19.4. The maximum absolute atomic E-state index is 12.9. The van der Waals surface area contributed by atoms with Crippen molar-refractivity contribution in [1.82, 2.24) is 30.7 Å². The Morgan fingerprint density at radius 2 is 2.09 bits per heavy atom. The standard InChI is InChI=1S/C20H17BrN8O3/c1-2-31-15-8-6-13(7-9-15)17-16(24-28-29(17)19-18(22)26-32-27-19)20(30)25-23-11-12-4-3-5-14(21)10-12/h3-11H,2H2,1H3,(H2,22,26)(H,25,30). The number of hydrogen-bond acceptors (Lipinski definition) is 9. The van der Waals surface area contributed by atoms with Gasteiger partial charge in [0, 0.05) is 10.0 Å². The SMILES string of the molecule is CCOc1ccc(-c2c(C(=O)NN=Cc3cccc(Br)c3)nnn2-c2nonc2N)cc1. The number of anilines is 1. The predicted molar refractivity (Wildman–Crippen MR) is 119 cm³/mol. The third-order valence-corrected chi connectivity index (χ3v) is 4.74. The number of hydrazone groups is 1. The molecule has 3 N–H and O–H groups in total. The zero-order valence-electron chi connectivity index (χ0n) is 16.8. The molecule has 2 aromatic carbocycles. The minimum Gasteiger partial charge on any atom is -0.494 e. The fraction of sp³-hybridized carbons (Fsp3) is 0.100. The van der Waals surface area contributed by atoms with E-state index in [1.807, 2.05) is 31.2 Å². The largest absolute Gasteiger partial charge is 0.494 e. The van der Waals surface area contributed by atoms with Crippen molar-refractivity contribution in [2.24, 2.45) is 5.10 Å². The summed E-state index contributed by atoms with van der Waals surface area (Å²) in [7, 11) is 0. The summed E-state index contributed by atoms with van der Waals surface area (Å²) in [4.78, 5) is 12.9. The molecule has 0 radical (unpaired) electrons. The molecule has 0 saturated heterocycles. The van der Waals surface area contributed by atoms with Crippen LogP contribution >= 0.6 is 15.9 Å². The highest BCUT2D eigenvalue weighted by atomic mass is 79.9. The molecule has 0 unspecified atom stereocenters. The molecule has 4 rings (SSSR count). The zero-order valence-corrected chi connectivity index (χ0v) is 18.4. The third kappa shape index (κ3) is 4.49. The second-order valence-corrected chi connectivity index (χ2v) is 7.30. The summed E-state index contributed by atoms with van der Waals surface area (Å²) >= 11 is 3.39. The molecule has 11 nitrogen and oxygen atoms in total. The van der Waals surface area contributed by atoms with Gasteiger partial charge in [-0.25, -0.2) is 10.1 Å². The predicted octanol–water partition coefficient (Wildman–Crippen LogP) is 2.82. The van der Waals surface area contributed by atoms with E-state index in [4.69, 9.17) is 10.5 Å². The molecule has 1 amide bonds. The van der Waals surface area contributed by atoms with E-state index in [1.54, 1.807) is 24.3 Å². The first kappa shape index (κ1) is 21.2. The van der Waals surface area contributed by atoms with Gasteiger partial charge in [-0.1, -0.05) is 33.3 Å². The Hall–Kier alpha value is -4.06. The molecule has 4 aromatic rings. The molecular weight excluding hydrogens is 480 g/mol. The maximum atomic E-state index is 12.9. The fourth-order valence-corrected chi connectivity index (χ4v) is 3.28. The normalized spacial score (nSPS) is 11.1. The molecule has 0 aliphatic heterocycles. The maximum Gasteiger partial charge on any atom is 0.294 e. The van der Waals surface area contributed by atoms with Crippen LogP contribution in [0.25, 0.3) is 17.1 Å². The van der Waals surface area contributed by atoms with Crippen LogP contribution < -0.4 is 15.9 Å². The van der Waals surface area contributed by atoms with E-state index in [1.165, 1.54) is 10.9 Å². The van der Waals surface area contributed by atoms with Crippen LogP contribution in [0.5, 0.6) is 5.75 Å². The van der Waals surface area contributed by atoms with Crippen molar-refractivity contribution in [2.45, 2.75) is 6.92 Å². The number of carbonyl (C=O) groups is 1. The summed E-state index contributed by atoms with van der Waals surface area (Å²) in [5.74, 6) is 0.226. The molecular formula is C20H17BrN8O3. The van der Waals surface area contributed by atoms with Gasteiger partial charge < -0.3 is 10.5 Å². The van der Waals surface area contributed by atoms with Crippen LogP contribution in [0.15, 0.2) is 62.7 Å². The van der Waals surface area contributed by atoms with Crippen molar-refractivity contribution in [2.75, 3.05) is 12.3 Å². The summed E-state index contributed by atoms with van der Waals surface area (Å²) in [6.45, 7) is 2.42. The Morgan fingerprint density at radius 1 is 1.28 bits per heavy atom. The second kappa shape index (κ2) is 9.39. The molecule has 0 fully saturated rings. The van der Waals surface area contributed by atoms with E-state index in [2.05, 4.69) is 51.7 Å². The molecule has 0 atom stereocenters.